The van der Waals surface area contributed by atoms with E-state index in [0.29, 0.717) is 34.7 Å². The van der Waals surface area contributed by atoms with Gasteiger partial charge in [-0.3, -0.25) is 9.59 Å². The van der Waals surface area contributed by atoms with Gasteiger partial charge in [0.05, 0.1) is 0 Å². The van der Waals surface area contributed by atoms with Gasteiger partial charge in [0.15, 0.2) is 0 Å². The number of pyridine rings is 2. The van der Waals surface area contributed by atoms with Crippen LogP contribution in [0.1, 0.15) is 60.1 Å². The molecule has 9 nitrogen and oxygen atoms in total. The van der Waals surface area contributed by atoms with Gasteiger partial charge in [0.2, 0.25) is 6.41 Å². The third-order valence-corrected chi connectivity index (χ3v) is 5.79. The average molecular weight is 547 g/mol. The monoisotopic (exact) mass is 546 g/mol. The normalized spacial score (nSPS) is 10.1. The first kappa shape index (κ1) is 29.1. The van der Waals surface area contributed by atoms with Crippen LogP contribution < -0.4 is 21.3 Å². The van der Waals surface area contributed by atoms with Crippen LogP contribution in [0.3, 0.4) is 0 Å². The van der Waals surface area contributed by atoms with E-state index in [4.69, 9.17) is 11.6 Å². The molecule has 0 aliphatic carbocycles. The van der Waals surface area contributed by atoms with Crippen molar-refractivity contribution >= 4 is 41.3 Å². The lowest BCUT2D eigenvalue weighted by Crippen LogP contribution is -2.24. The molecule has 3 rings (SSSR count). The topological polar surface area (TPSA) is 125 Å². The van der Waals surface area contributed by atoms with Gasteiger partial charge < -0.3 is 21.3 Å². The molecule has 0 bridgehead atoms. The summed E-state index contributed by atoms with van der Waals surface area (Å²) in [6, 6.07) is 13.2. The Morgan fingerprint density at radius 1 is 0.821 bits per heavy atom. The maximum atomic E-state index is 12.5. The van der Waals surface area contributed by atoms with Crippen molar-refractivity contribution in [3.63, 3.8) is 0 Å². The van der Waals surface area contributed by atoms with Crippen molar-refractivity contribution in [3.05, 3.63) is 82.9 Å². The number of halogens is 1. The fourth-order valence-corrected chi connectivity index (χ4v) is 3.82. The summed E-state index contributed by atoms with van der Waals surface area (Å²) >= 11 is 5.84. The summed E-state index contributed by atoms with van der Waals surface area (Å²) in [5, 5.41) is 11.3. The average Bonchev–Trinajstić information content (AvgIpc) is 2.93. The maximum Gasteiger partial charge on any atom is 0.323 e. The molecule has 0 unspecified atom stereocenters. The second-order valence-electron chi connectivity index (χ2n) is 8.66. The van der Waals surface area contributed by atoms with Crippen LogP contribution in [0.15, 0.2) is 60.9 Å². The van der Waals surface area contributed by atoms with Crippen LogP contribution in [0, 0.1) is 11.8 Å². The summed E-state index contributed by atoms with van der Waals surface area (Å²) in [4.78, 5) is 43.1. The van der Waals surface area contributed by atoms with Gasteiger partial charge in [0.25, 0.3) is 5.91 Å². The molecule has 2 heterocycles. The van der Waals surface area contributed by atoms with Crippen LogP contribution in [-0.4, -0.2) is 41.4 Å². The molecule has 3 aromatic rings. The van der Waals surface area contributed by atoms with Crippen molar-refractivity contribution in [2.45, 2.75) is 38.5 Å². The molecule has 10 heteroatoms. The Labute approximate surface area is 233 Å². The fourth-order valence-electron chi connectivity index (χ4n) is 3.65. The molecular formula is C29H31ClN6O3. The van der Waals surface area contributed by atoms with E-state index in [9.17, 15) is 14.4 Å². The number of unbranched alkanes of at least 4 members (excludes halogenated alkanes) is 5. The lowest BCUT2D eigenvalue weighted by molar-refractivity contribution is -0.109. The Bertz CT molecular complexity index is 1320. The van der Waals surface area contributed by atoms with Crippen molar-refractivity contribution in [1.82, 2.24) is 20.6 Å². The highest BCUT2D eigenvalue weighted by Gasteiger charge is 2.06. The third kappa shape index (κ3) is 11.2. The predicted octanol–water partition coefficient (Wildman–Crippen LogP) is 4.99. The number of nitrogens with one attached hydrogen (secondary N) is 4. The van der Waals surface area contributed by atoms with Crippen LogP contribution in [0.2, 0.25) is 5.15 Å². The molecule has 0 spiro atoms. The Morgan fingerprint density at radius 3 is 2.26 bits per heavy atom. The van der Waals surface area contributed by atoms with E-state index in [1.165, 1.54) is 6.20 Å². The summed E-state index contributed by atoms with van der Waals surface area (Å²) in [5.41, 5.74) is 2.73. The minimum Gasteiger partial charge on any atom is -0.359 e. The van der Waals surface area contributed by atoms with Crippen LogP contribution in [0.25, 0.3) is 0 Å². The molecule has 4 N–H and O–H groups in total. The van der Waals surface area contributed by atoms with Crippen LogP contribution in [-0.2, 0) is 4.79 Å². The van der Waals surface area contributed by atoms with Gasteiger partial charge in [-0.25, -0.2) is 14.8 Å². The molecule has 2 aromatic heterocycles. The van der Waals surface area contributed by atoms with Crippen molar-refractivity contribution < 1.29 is 14.4 Å². The van der Waals surface area contributed by atoms with E-state index in [1.807, 2.05) is 6.07 Å². The maximum absolute atomic E-state index is 12.5. The number of hydrogen-bond acceptors (Lipinski definition) is 5. The number of hydrogen-bond donors (Lipinski definition) is 4. The first-order valence-corrected chi connectivity index (χ1v) is 13.1. The molecule has 0 aliphatic heterocycles. The van der Waals surface area contributed by atoms with E-state index in [0.717, 1.165) is 51.5 Å². The zero-order chi connectivity index (χ0) is 27.7. The minimum atomic E-state index is -0.440. The van der Waals surface area contributed by atoms with Crippen molar-refractivity contribution in [3.8, 4) is 11.8 Å². The number of carbonyl (C=O) groups excluding carboxylic acids is 3. The SMILES string of the molecule is O=CNCCCCCCCCNC(=O)c1cccc(C#Cc2cc(NC(=O)Nc3ccnc(Cl)c3)ccn2)c1. The van der Waals surface area contributed by atoms with Gasteiger partial charge in [-0.1, -0.05) is 49.3 Å². The zero-order valence-corrected chi connectivity index (χ0v) is 22.3. The van der Waals surface area contributed by atoms with Crippen LogP contribution in [0.4, 0.5) is 16.2 Å². The van der Waals surface area contributed by atoms with E-state index in [-0.39, 0.29) is 11.1 Å². The van der Waals surface area contributed by atoms with E-state index in [1.54, 1.807) is 48.7 Å². The van der Waals surface area contributed by atoms with Gasteiger partial charge in [-0.15, -0.1) is 0 Å². The lowest BCUT2D eigenvalue weighted by atomic mass is 10.1. The summed E-state index contributed by atoms with van der Waals surface area (Å²) in [6.45, 7) is 1.35. The molecule has 1 aromatic carbocycles. The standard InChI is InChI=1S/C29H31ClN6O3/c30-27-20-26(13-17-33-27)36-29(39)35-25-12-16-32-24(19-25)11-10-22-8-7-9-23(18-22)28(38)34-15-6-4-2-1-3-5-14-31-21-37/h7-9,12-13,16-21H,1-6,14-15H2,(H,31,37)(H,34,38)(H2,32,33,35,36,39). The number of benzene rings is 1. The number of nitrogens with zero attached hydrogens (tertiary/aromatic N) is 2. The highest BCUT2D eigenvalue weighted by atomic mass is 35.5. The van der Waals surface area contributed by atoms with E-state index < -0.39 is 6.03 Å². The minimum absolute atomic E-state index is 0.135. The second-order valence-corrected chi connectivity index (χ2v) is 9.04. The smallest absolute Gasteiger partial charge is 0.323 e. The molecule has 39 heavy (non-hydrogen) atoms. The molecule has 0 saturated carbocycles. The molecule has 0 saturated heterocycles. The lowest BCUT2D eigenvalue weighted by Gasteiger charge is -2.07. The molecular weight excluding hydrogens is 516 g/mol. The summed E-state index contributed by atoms with van der Waals surface area (Å²) in [7, 11) is 0. The van der Waals surface area contributed by atoms with E-state index >= 15 is 0 Å². The van der Waals surface area contributed by atoms with Crippen molar-refractivity contribution in [2.24, 2.45) is 0 Å². The Hall–Kier alpha value is -4.42. The van der Waals surface area contributed by atoms with Crippen LogP contribution in [0.5, 0.6) is 0 Å². The Morgan fingerprint density at radius 2 is 1.51 bits per heavy atom. The number of rotatable bonds is 13. The first-order valence-electron chi connectivity index (χ1n) is 12.8. The Kier molecular flexibility index (Phi) is 12.3. The van der Waals surface area contributed by atoms with Gasteiger partial charge in [0, 0.05) is 48.0 Å². The van der Waals surface area contributed by atoms with E-state index in [2.05, 4.69) is 43.1 Å². The largest absolute Gasteiger partial charge is 0.359 e. The number of anilines is 2. The molecule has 0 radical (unpaired) electrons. The summed E-state index contributed by atoms with van der Waals surface area (Å²) < 4.78 is 0. The summed E-state index contributed by atoms with van der Waals surface area (Å²) in [6.07, 6.45) is 10.1. The van der Waals surface area contributed by atoms with Gasteiger partial charge in [-0.05, 0) is 61.2 Å². The fraction of sp³-hybridized carbons (Fsp3) is 0.276. The second kappa shape index (κ2) is 16.4. The van der Waals surface area contributed by atoms with Crippen LogP contribution >= 0.6 is 11.6 Å². The third-order valence-electron chi connectivity index (χ3n) is 5.58. The molecule has 0 atom stereocenters. The molecule has 4 amide bonds. The van der Waals surface area contributed by atoms with Crippen molar-refractivity contribution in [2.75, 3.05) is 23.7 Å². The first-order chi connectivity index (χ1) is 19.0. The molecule has 202 valence electrons. The number of aromatic nitrogens is 2. The predicted molar refractivity (Wildman–Crippen MR) is 153 cm³/mol. The van der Waals surface area contributed by atoms with Gasteiger partial charge >= 0.3 is 6.03 Å². The number of carbonyl (C=O) groups is 3. The van der Waals surface area contributed by atoms with Gasteiger partial charge in [-0.2, -0.15) is 0 Å². The highest BCUT2D eigenvalue weighted by molar-refractivity contribution is 6.29. The zero-order valence-electron chi connectivity index (χ0n) is 21.5. The summed E-state index contributed by atoms with van der Waals surface area (Å²) in [5.74, 6) is 5.86. The highest BCUT2D eigenvalue weighted by Crippen LogP contribution is 2.13. The number of urea groups is 1. The Balaban J connectivity index is 1.45. The van der Waals surface area contributed by atoms with Crippen molar-refractivity contribution in [1.29, 1.82) is 0 Å². The quantitative estimate of drug-likeness (QED) is 0.104. The molecule has 0 fully saturated rings. The number of amides is 4. The van der Waals surface area contributed by atoms with Gasteiger partial charge in [0.1, 0.15) is 10.8 Å². The molecule has 0 aliphatic rings.